The minimum absolute atomic E-state index is 0.170. The number of likely N-dealkylation sites (tertiary alicyclic amines) is 1. The fourth-order valence-electron chi connectivity index (χ4n) is 4.08. The predicted octanol–water partition coefficient (Wildman–Crippen LogP) is 3.79. The second kappa shape index (κ2) is 9.11. The Labute approximate surface area is 177 Å². The first kappa shape index (κ1) is 20.1. The first-order valence-electron chi connectivity index (χ1n) is 10.6. The second-order valence-electron chi connectivity index (χ2n) is 7.69. The van der Waals surface area contributed by atoms with Crippen LogP contribution in [0.25, 0.3) is 5.82 Å². The minimum Gasteiger partial charge on any atom is -0.497 e. The van der Waals surface area contributed by atoms with Crippen LogP contribution in [0, 0.1) is 0 Å². The van der Waals surface area contributed by atoms with Crippen molar-refractivity contribution in [3.63, 3.8) is 0 Å². The van der Waals surface area contributed by atoms with Gasteiger partial charge < -0.3 is 9.64 Å². The van der Waals surface area contributed by atoms with E-state index >= 15 is 0 Å². The normalized spacial score (nSPS) is 16.5. The van der Waals surface area contributed by atoms with Crippen molar-refractivity contribution >= 4 is 5.91 Å². The topological polar surface area (TPSA) is 60.2 Å². The summed E-state index contributed by atoms with van der Waals surface area (Å²) >= 11 is 0. The summed E-state index contributed by atoms with van der Waals surface area (Å²) in [5, 5.41) is 0. The predicted molar refractivity (Wildman–Crippen MR) is 116 cm³/mol. The van der Waals surface area contributed by atoms with Gasteiger partial charge in [-0.15, -0.1) is 0 Å². The van der Waals surface area contributed by atoms with Gasteiger partial charge in [-0.1, -0.05) is 25.1 Å². The van der Waals surface area contributed by atoms with E-state index in [1.54, 1.807) is 7.11 Å². The third kappa shape index (κ3) is 4.37. The number of aryl methyl sites for hydroxylation is 1. The van der Waals surface area contributed by atoms with Crippen molar-refractivity contribution in [2.75, 3.05) is 20.2 Å². The molecule has 0 N–H and O–H groups in total. The van der Waals surface area contributed by atoms with Crippen LogP contribution >= 0.6 is 0 Å². The van der Waals surface area contributed by atoms with Crippen LogP contribution in [0.4, 0.5) is 0 Å². The van der Waals surface area contributed by atoms with E-state index in [0.29, 0.717) is 6.42 Å². The quantitative estimate of drug-likeness (QED) is 0.627. The number of benzene rings is 1. The van der Waals surface area contributed by atoms with Gasteiger partial charge >= 0.3 is 0 Å². The summed E-state index contributed by atoms with van der Waals surface area (Å²) in [5.41, 5.74) is 2.06. The Hall–Kier alpha value is -3.15. The van der Waals surface area contributed by atoms with Crippen molar-refractivity contribution in [1.29, 1.82) is 0 Å². The highest BCUT2D eigenvalue weighted by atomic mass is 16.5. The van der Waals surface area contributed by atoms with Crippen molar-refractivity contribution < 1.29 is 9.53 Å². The van der Waals surface area contributed by atoms with E-state index in [2.05, 4.69) is 24.0 Å². The van der Waals surface area contributed by atoms with Gasteiger partial charge in [-0.3, -0.25) is 9.36 Å². The van der Waals surface area contributed by atoms with Gasteiger partial charge in [-0.25, -0.2) is 9.97 Å². The highest BCUT2D eigenvalue weighted by Crippen LogP contribution is 2.27. The fraction of sp³-hybridized carbons (Fsp3) is 0.375. The molecule has 6 nitrogen and oxygen atoms in total. The minimum atomic E-state index is 0.170. The van der Waals surface area contributed by atoms with E-state index in [9.17, 15) is 4.79 Å². The summed E-state index contributed by atoms with van der Waals surface area (Å²) in [7, 11) is 1.65. The molecule has 0 bridgehead atoms. The summed E-state index contributed by atoms with van der Waals surface area (Å²) in [4.78, 5) is 24.2. The molecule has 3 aromatic rings. The maximum Gasteiger partial charge on any atom is 0.227 e. The number of pyridine rings is 1. The van der Waals surface area contributed by atoms with Crippen LogP contribution in [0.15, 0.2) is 54.9 Å². The van der Waals surface area contributed by atoms with Crippen LogP contribution in [0.2, 0.25) is 0 Å². The number of nitrogens with zero attached hydrogens (tertiary/aromatic N) is 4. The average molecular weight is 405 g/mol. The van der Waals surface area contributed by atoms with Crippen LogP contribution in [0.1, 0.15) is 42.8 Å². The van der Waals surface area contributed by atoms with Gasteiger partial charge in [0.15, 0.2) is 0 Å². The lowest BCUT2D eigenvalue weighted by molar-refractivity contribution is -0.131. The molecular formula is C24H28N4O2. The number of carbonyl (C=O) groups excluding carboxylic acids is 1. The van der Waals surface area contributed by atoms with Gasteiger partial charge in [0.25, 0.3) is 0 Å². The summed E-state index contributed by atoms with van der Waals surface area (Å²) in [6.07, 6.45) is 7.09. The van der Waals surface area contributed by atoms with Gasteiger partial charge in [0, 0.05) is 43.5 Å². The van der Waals surface area contributed by atoms with E-state index in [0.717, 1.165) is 61.0 Å². The number of imidazole rings is 1. The average Bonchev–Trinajstić information content (AvgIpc) is 3.29. The molecule has 0 saturated carbocycles. The Morgan fingerprint density at radius 3 is 2.80 bits per heavy atom. The van der Waals surface area contributed by atoms with E-state index in [1.165, 1.54) is 0 Å². The number of carbonyl (C=O) groups is 1. The second-order valence-corrected chi connectivity index (χ2v) is 7.69. The Balaban J connectivity index is 1.46. The third-order valence-corrected chi connectivity index (χ3v) is 5.74. The van der Waals surface area contributed by atoms with Crippen LogP contribution in [0.3, 0.4) is 0 Å². The van der Waals surface area contributed by atoms with Crippen LogP contribution in [-0.2, 0) is 17.6 Å². The molecule has 1 atom stereocenters. The molecule has 30 heavy (non-hydrogen) atoms. The zero-order valence-corrected chi connectivity index (χ0v) is 17.6. The van der Waals surface area contributed by atoms with Crippen molar-refractivity contribution in [3.05, 3.63) is 71.9 Å². The lowest BCUT2D eigenvalue weighted by Crippen LogP contribution is -2.40. The number of rotatable bonds is 6. The summed E-state index contributed by atoms with van der Waals surface area (Å²) in [5.74, 6) is 3.12. The first-order chi connectivity index (χ1) is 14.7. The maximum atomic E-state index is 12.9. The van der Waals surface area contributed by atoms with Crippen molar-refractivity contribution in [2.24, 2.45) is 0 Å². The highest BCUT2D eigenvalue weighted by Gasteiger charge is 2.26. The van der Waals surface area contributed by atoms with Crippen LogP contribution in [0.5, 0.6) is 5.75 Å². The van der Waals surface area contributed by atoms with Gasteiger partial charge in [-0.2, -0.15) is 0 Å². The van der Waals surface area contributed by atoms with Crippen LogP contribution < -0.4 is 4.74 Å². The summed E-state index contributed by atoms with van der Waals surface area (Å²) in [6.45, 7) is 3.62. The molecule has 2 aromatic heterocycles. The molecule has 6 heteroatoms. The van der Waals surface area contributed by atoms with Gasteiger partial charge in [0.05, 0.1) is 13.5 Å². The smallest absolute Gasteiger partial charge is 0.227 e. The molecule has 0 aliphatic carbocycles. The molecule has 1 aromatic carbocycles. The summed E-state index contributed by atoms with van der Waals surface area (Å²) in [6, 6.07) is 13.9. The molecule has 0 spiro atoms. The Kier molecular flexibility index (Phi) is 6.12. The van der Waals surface area contributed by atoms with Crippen molar-refractivity contribution in [3.8, 4) is 11.6 Å². The number of hydrogen-bond donors (Lipinski definition) is 0. The van der Waals surface area contributed by atoms with E-state index in [4.69, 9.17) is 9.72 Å². The van der Waals surface area contributed by atoms with Gasteiger partial charge in [0.2, 0.25) is 5.91 Å². The van der Waals surface area contributed by atoms with Crippen molar-refractivity contribution in [2.45, 2.75) is 38.5 Å². The Morgan fingerprint density at radius 1 is 1.20 bits per heavy atom. The number of methoxy groups -OCH3 is 1. The fourth-order valence-corrected chi connectivity index (χ4v) is 4.08. The van der Waals surface area contributed by atoms with E-state index in [-0.39, 0.29) is 11.8 Å². The standard InChI is InChI=1S/C24H28N4O2/c1-3-22-25-13-15-28(22)23-8-4-7-21(26-23)19-6-5-14-27(17-19)24(29)16-18-9-11-20(30-2)12-10-18/h4,7-13,15,19H,3,5-6,14,16-17H2,1-2H3/t19-/m0/s1. The molecule has 0 unspecified atom stereocenters. The molecule has 1 aliphatic rings. The van der Waals surface area contributed by atoms with Crippen molar-refractivity contribution in [1.82, 2.24) is 19.4 Å². The molecule has 1 saturated heterocycles. The number of hydrogen-bond acceptors (Lipinski definition) is 4. The monoisotopic (exact) mass is 404 g/mol. The Morgan fingerprint density at radius 2 is 2.03 bits per heavy atom. The van der Waals surface area contributed by atoms with E-state index < -0.39 is 0 Å². The van der Waals surface area contributed by atoms with E-state index in [1.807, 2.05) is 52.2 Å². The SMILES string of the molecule is CCc1nccn1-c1cccc([C@H]2CCCN(C(=O)Cc3ccc(OC)cc3)C2)n1. The maximum absolute atomic E-state index is 12.9. The molecular weight excluding hydrogens is 376 g/mol. The molecule has 1 aliphatic heterocycles. The number of aromatic nitrogens is 3. The van der Waals surface area contributed by atoms with Crippen LogP contribution in [-0.4, -0.2) is 45.5 Å². The number of piperidine rings is 1. The highest BCUT2D eigenvalue weighted by molar-refractivity contribution is 5.79. The lowest BCUT2D eigenvalue weighted by Gasteiger charge is -2.32. The molecule has 1 fully saturated rings. The molecule has 156 valence electrons. The zero-order valence-electron chi connectivity index (χ0n) is 17.6. The third-order valence-electron chi connectivity index (χ3n) is 5.74. The molecule has 3 heterocycles. The van der Waals surface area contributed by atoms with Gasteiger partial charge in [0.1, 0.15) is 17.4 Å². The summed E-state index contributed by atoms with van der Waals surface area (Å²) < 4.78 is 7.24. The molecule has 4 rings (SSSR count). The number of amides is 1. The lowest BCUT2D eigenvalue weighted by atomic mass is 9.93. The molecule has 1 amide bonds. The largest absolute Gasteiger partial charge is 0.497 e. The zero-order chi connectivity index (χ0) is 20.9. The first-order valence-corrected chi connectivity index (χ1v) is 10.6. The number of ether oxygens (including phenoxy) is 1. The molecule has 0 radical (unpaired) electrons. The van der Waals surface area contributed by atoms with Gasteiger partial charge in [-0.05, 0) is 42.7 Å². The Bertz CT molecular complexity index is 996.